The van der Waals surface area contributed by atoms with Gasteiger partial charge in [-0.2, -0.15) is 0 Å². The lowest BCUT2D eigenvalue weighted by atomic mass is 9.91. The quantitative estimate of drug-likeness (QED) is 0.641. The van der Waals surface area contributed by atoms with Gasteiger partial charge in [0.1, 0.15) is 0 Å². The van der Waals surface area contributed by atoms with E-state index in [0.717, 1.165) is 32.1 Å². The van der Waals surface area contributed by atoms with Crippen LogP contribution in [0.25, 0.3) is 0 Å². The molecule has 0 aliphatic heterocycles. The molecule has 19 heavy (non-hydrogen) atoms. The van der Waals surface area contributed by atoms with Gasteiger partial charge in [-0.1, -0.05) is 19.3 Å². The Morgan fingerprint density at radius 1 is 1.32 bits per heavy atom. The summed E-state index contributed by atoms with van der Waals surface area (Å²) in [5.41, 5.74) is -1.56. The van der Waals surface area contributed by atoms with E-state index in [0.29, 0.717) is 0 Å². The fourth-order valence-electron chi connectivity index (χ4n) is 2.38. The normalized spacial score (nSPS) is 20.9. The molecule has 6 nitrogen and oxygen atoms in total. The zero-order valence-electron chi connectivity index (χ0n) is 11.3. The Bertz CT molecular complexity index is 398. The first-order valence-electron chi connectivity index (χ1n) is 6.62. The molecular weight excluding hydrogens is 270 g/mol. The number of nitrogens with one attached hydrogen (secondary N) is 1. The topological polar surface area (TPSA) is 104 Å². The second-order valence-electron chi connectivity index (χ2n) is 5.67. The first-order chi connectivity index (χ1) is 8.70. The molecule has 0 amide bonds. The minimum atomic E-state index is -3.45. The lowest BCUT2D eigenvalue weighted by molar-refractivity contribution is -0.141. The van der Waals surface area contributed by atoms with Crippen LogP contribution in [-0.2, 0) is 14.8 Å². The molecule has 7 heteroatoms. The minimum absolute atomic E-state index is 0.0656. The van der Waals surface area contributed by atoms with Crippen molar-refractivity contribution in [1.29, 1.82) is 0 Å². The molecule has 0 heterocycles. The highest BCUT2D eigenvalue weighted by molar-refractivity contribution is 7.89. The molecule has 112 valence electrons. The Labute approximate surface area is 114 Å². The van der Waals surface area contributed by atoms with Crippen molar-refractivity contribution in [2.45, 2.75) is 51.0 Å². The summed E-state index contributed by atoms with van der Waals surface area (Å²) >= 11 is 0. The first-order valence-corrected chi connectivity index (χ1v) is 8.27. The number of hydrogen-bond donors (Lipinski definition) is 3. The van der Waals surface area contributed by atoms with Crippen LogP contribution in [0, 0.1) is 5.92 Å². The molecule has 0 bridgehead atoms. The highest BCUT2D eigenvalue weighted by atomic mass is 32.2. The average Bonchev–Trinajstić information content (AvgIpc) is 2.26. The summed E-state index contributed by atoms with van der Waals surface area (Å²) < 4.78 is 26.0. The van der Waals surface area contributed by atoms with Crippen molar-refractivity contribution < 1.29 is 23.4 Å². The summed E-state index contributed by atoms with van der Waals surface area (Å²) in [4.78, 5) is 10.5. The number of carboxylic acid groups (broad SMARTS) is 1. The minimum Gasteiger partial charge on any atom is -0.481 e. The van der Waals surface area contributed by atoms with Crippen LogP contribution in [-0.4, -0.2) is 42.5 Å². The van der Waals surface area contributed by atoms with Gasteiger partial charge in [0, 0.05) is 6.54 Å². The molecule has 1 fully saturated rings. The van der Waals surface area contributed by atoms with Crippen molar-refractivity contribution >= 4 is 16.0 Å². The van der Waals surface area contributed by atoms with Crippen molar-refractivity contribution in [3.05, 3.63) is 0 Å². The molecule has 0 aromatic rings. The molecule has 3 N–H and O–H groups in total. The van der Waals surface area contributed by atoms with Crippen molar-refractivity contribution in [3.8, 4) is 0 Å². The Kier molecular flexibility index (Phi) is 5.76. The van der Waals surface area contributed by atoms with Crippen molar-refractivity contribution in [1.82, 2.24) is 4.72 Å². The van der Waals surface area contributed by atoms with Crippen molar-refractivity contribution in [2.75, 3.05) is 12.3 Å². The molecule has 1 aliphatic rings. The fourth-order valence-corrected chi connectivity index (χ4v) is 3.98. The van der Waals surface area contributed by atoms with E-state index >= 15 is 0 Å². The lowest BCUT2D eigenvalue weighted by Crippen LogP contribution is -2.43. The molecular formula is C12H23NO5S. The van der Waals surface area contributed by atoms with E-state index < -0.39 is 28.0 Å². The number of rotatable bonds is 7. The van der Waals surface area contributed by atoms with E-state index in [1.54, 1.807) is 0 Å². The second-order valence-corrected chi connectivity index (χ2v) is 7.53. The van der Waals surface area contributed by atoms with E-state index in [1.807, 2.05) is 0 Å². The van der Waals surface area contributed by atoms with Gasteiger partial charge in [-0.3, -0.25) is 4.79 Å². The summed E-state index contributed by atoms with van der Waals surface area (Å²) in [5.74, 6) is -0.914. The maximum atomic E-state index is 11.9. The van der Waals surface area contributed by atoms with E-state index in [2.05, 4.69) is 4.72 Å². The first kappa shape index (κ1) is 16.4. The van der Waals surface area contributed by atoms with E-state index in [9.17, 15) is 18.3 Å². The van der Waals surface area contributed by atoms with Crippen molar-refractivity contribution in [2.24, 2.45) is 5.92 Å². The predicted octanol–water partition coefficient (Wildman–Crippen LogP) is 0.712. The zero-order chi connectivity index (χ0) is 14.5. The van der Waals surface area contributed by atoms with Gasteiger partial charge in [-0.25, -0.2) is 13.1 Å². The predicted molar refractivity (Wildman–Crippen MR) is 71.2 cm³/mol. The third-order valence-electron chi connectivity index (χ3n) is 3.38. The third-order valence-corrected chi connectivity index (χ3v) is 4.88. The van der Waals surface area contributed by atoms with Crippen LogP contribution < -0.4 is 4.72 Å². The number of hydrogen-bond acceptors (Lipinski definition) is 4. The standard InChI is InChI=1S/C12H23NO5S/c1-12(16,7-11(14)15)9-13-19(17,18)8-10-5-3-2-4-6-10/h10,13,16H,2-9H2,1H3,(H,14,15). The van der Waals surface area contributed by atoms with Gasteiger partial charge in [0.2, 0.25) is 10.0 Å². The van der Waals surface area contributed by atoms with Gasteiger partial charge in [-0.15, -0.1) is 0 Å². The molecule has 0 aromatic carbocycles. The third kappa shape index (κ3) is 6.89. The Morgan fingerprint density at radius 2 is 1.89 bits per heavy atom. The number of aliphatic hydroxyl groups is 1. The average molecular weight is 293 g/mol. The summed E-state index contributed by atoms with van der Waals surface area (Å²) in [6.45, 7) is 1.04. The van der Waals surface area contributed by atoms with Crippen molar-refractivity contribution in [3.63, 3.8) is 0 Å². The number of carboxylic acids is 1. The lowest BCUT2D eigenvalue weighted by Gasteiger charge is -2.24. The molecule has 1 unspecified atom stereocenters. The molecule has 1 rings (SSSR count). The van der Waals surface area contributed by atoms with E-state index in [1.165, 1.54) is 6.92 Å². The Balaban J connectivity index is 2.43. The van der Waals surface area contributed by atoms with Crippen LogP contribution in [0.4, 0.5) is 0 Å². The monoisotopic (exact) mass is 293 g/mol. The summed E-state index contributed by atoms with van der Waals surface area (Å²) in [6, 6.07) is 0. The summed E-state index contributed by atoms with van der Waals surface area (Å²) in [6.07, 6.45) is 4.66. The van der Waals surface area contributed by atoms with Gasteiger partial charge in [0.15, 0.2) is 0 Å². The van der Waals surface area contributed by atoms with Crippen LogP contribution in [0.15, 0.2) is 0 Å². The largest absolute Gasteiger partial charge is 0.481 e. The smallest absolute Gasteiger partial charge is 0.306 e. The van der Waals surface area contributed by atoms with Gasteiger partial charge in [0.25, 0.3) is 0 Å². The van der Waals surface area contributed by atoms with E-state index in [-0.39, 0.29) is 18.2 Å². The van der Waals surface area contributed by atoms with Crippen LogP contribution in [0.3, 0.4) is 0 Å². The van der Waals surface area contributed by atoms with Crippen LogP contribution >= 0.6 is 0 Å². The van der Waals surface area contributed by atoms with Crippen LogP contribution in [0.5, 0.6) is 0 Å². The second kappa shape index (κ2) is 6.67. The molecule has 1 aliphatic carbocycles. The molecule has 0 aromatic heterocycles. The molecule has 0 spiro atoms. The molecule has 1 atom stereocenters. The fraction of sp³-hybridized carbons (Fsp3) is 0.917. The Hall–Kier alpha value is -0.660. The maximum Gasteiger partial charge on any atom is 0.306 e. The molecule has 0 radical (unpaired) electrons. The number of carbonyl (C=O) groups is 1. The summed E-state index contributed by atoms with van der Waals surface area (Å²) in [5, 5.41) is 18.3. The summed E-state index contributed by atoms with van der Waals surface area (Å²) in [7, 11) is -3.45. The van der Waals surface area contributed by atoms with Gasteiger partial charge in [-0.05, 0) is 25.7 Å². The number of aliphatic carboxylic acids is 1. The van der Waals surface area contributed by atoms with Crippen LogP contribution in [0.1, 0.15) is 45.4 Å². The number of sulfonamides is 1. The van der Waals surface area contributed by atoms with E-state index in [4.69, 9.17) is 5.11 Å². The highest BCUT2D eigenvalue weighted by Gasteiger charge is 2.28. The van der Waals surface area contributed by atoms with Crippen LogP contribution in [0.2, 0.25) is 0 Å². The Morgan fingerprint density at radius 3 is 2.42 bits per heavy atom. The highest BCUT2D eigenvalue weighted by Crippen LogP contribution is 2.24. The van der Waals surface area contributed by atoms with Gasteiger partial charge >= 0.3 is 5.97 Å². The maximum absolute atomic E-state index is 11.9. The molecule has 1 saturated carbocycles. The van der Waals surface area contributed by atoms with Gasteiger partial charge < -0.3 is 10.2 Å². The zero-order valence-corrected chi connectivity index (χ0v) is 12.1. The molecule has 0 saturated heterocycles. The SMILES string of the molecule is CC(O)(CNS(=O)(=O)CC1CCCCC1)CC(=O)O. The van der Waals surface area contributed by atoms with Gasteiger partial charge in [0.05, 0.1) is 17.8 Å².